The minimum atomic E-state index is -1.58. The maximum atomic E-state index is 12.9. The van der Waals surface area contributed by atoms with Gasteiger partial charge in [0.15, 0.2) is 6.23 Å². The van der Waals surface area contributed by atoms with Crippen LogP contribution in [0.15, 0.2) is 35.1 Å². The minimum absolute atomic E-state index is 0.0133. The monoisotopic (exact) mass is 578 g/mol. The quantitative estimate of drug-likeness (QED) is 0.246. The summed E-state index contributed by atoms with van der Waals surface area (Å²) in [5, 5.41) is 47.0. The average Bonchev–Trinajstić information content (AvgIpc) is 3.30. The molecule has 5 atom stereocenters. The van der Waals surface area contributed by atoms with Crippen molar-refractivity contribution < 1.29 is 34.7 Å². The van der Waals surface area contributed by atoms with Crippen LogP contribution in [0.25, 0.3) is 16.6 Å². The molecule has 11 nitrogen and oxygen atoms in total. The number of ether oxygens (including phenoxy) is 2. The molecule has 0 saturated carbocycles. The second-order valence-electron chi connectivity index (χ2n) is 8.92. The highest BCUT2D eigenvalue weighted by molar-refractivity contribution is 9.10. The molecule has 0 radical (unpaired) electrons. The van der Waals surface area contributed by atoms with Crippen LogP contribution >= 0.6 is 15.9 Å². The van der Waals surface area contributed by atoms with Gasteiger partial charge < -0.3 is 35.2 Å². The first-order valence-corrected chi connectivity index (χ1v) is 12.8. The standard InChI is InChI=1S/C25H31BrN4O7/c1-3-15-4-6-18-21(13-8-14(26)10-27-9-13)16(17(12-36-2)29-30(15)18)5-7-20(32)28-25-24(35)23(34)22(33)19(11-31)37-25/h4,6,8-10,19,22-25,31,33-35H,3,5,7,11-12H2,1-2H3,(H,28,32)/t19-,22+,23-,24+,25-/m1/s1. The number of halogens is 1. The Morgan fingerprint density at radius 3 is 2.68 bits per heavy atom. The van der Waals surface area contributed by atoms with Crippen LogP contribution in [0.1, 0.15) is 30.3 Å². The van der Waals surface area contributed by atoms with Crippen LogP contribution in [0.3, 0.4) is 0 Å². The molecule has 1 saturated heterocycles. The van der Waals surface area contributed by atoms with Crippen molar-refractivity contribution in [3.8, 4) is 11.1 Å². The molecule has 0 aliphatic carbocycles. The van der Waals surface area contributed by atoms with Crippen LogP contribution < -0.4 is 5.32 Å². The first kappa shape index (κ1) is 27.6. The van der Waals surface area contributed by atoms with E-state index in [-0.39, 0.29) is 13.0 Å². The van der Waals surface area contributed by atoms with Gasteiger partial charge in [-0.3, -0.25) is 9.78 Å². The number of rotatable bonds is 9. The van der Waals surface area contributed by atoms with Crippen molar-refractivity contribution in [2.75, 3.05) is 13.7 Å². The van der Waals surface area contributed by atoms with E-state index in [1.54, 1.807) is 19.5 Å². The summed E-state index contributed by atoms with van der Waals surface area (Å²) >= 11 is 3.49. The van der Waals surface area contributed by atoms with E-state index in [2.05, 4.69) is 33.2 Å². The second-order valence-corrected chi connectivity index (χ2v) is 9.83. The third-order valence-electron chi connectivity index (χ3n) is 6.50. The van der Waals surface area contributed by atoms with Crippen molar-refractivity contribution in [3.63, 3.8) is 0 Å². The lowest BCUT2D eigenvalue weighted by Gasteiger charge is -2.40. The van der Waals surface area contributed by atoms with Gasteiger partial charge in [-0.2, -0.15) is 5.10 Å². The fraction of sp³-hybridized carbons (Fsp3) is 0.480. The number of aliphatic hydroxyl groups is 4. The minimum Gasteiger partial charge on any atom is -0.394 e. The number of methoxy groups -OCH3 is 1. The summed E-state index contributed by atoms with van der Waals surface area (Å²) in [4.78, 5) is 17.2. The van der Waals surface area contributed by atoms with Crippen LogP contribution in [0, 0.1) is 0 Å². The van der Waals surface area contributed by atoms with E-state index in [0.717, 1.165) is 38.8 Å². The fourth-order valence-electron chi connectivity index (χ4n) is 4.61. The predicted octanol–water partition coefficient (Wildman–Crippen LogP) is 0.716. The van der Waals surface area contributed by atoms with E-state index in [1.165, 1.54) is 0 Å². The lowest BCUT2D eigenvalue weighted by molar-refractivity contribution is -0.235. The summed E-state index contributed by atoms with van der Waals surface area (Å²) in [6.45, 7) is 1.71. The molecule has 3 aromatic heterocycles. The summed E-state index contributed by atoms with van der Waals surface area (Å²) < 4.78 is 13.5. The van der Waals surface area contributed by atoms with Crippen molar-refractivity contribution in [1.82, 2.24) is 19.9 Å². The van der Waals surface area contributed by atoms with Gasteiger partial charge in [-0.15, -0.1) is 0 Å². The summed E-state index contributed by atoms with van der Waals surface area (Å²) in [5.74, 6) is -0.449. The number of hydrogen-bond acceptors (Lipinski definition) is 9. The molecule has 0 spiro atoms. The van der Waals surface area contributed by atoms with Gasteiger partial charge in [-0.05, 0) is 52.5 Å². The first-order chi connectivity index (χ1) is 17.8. The highest BCUT2D eigenvalue weighted by atomic mass is 79.9. The van der Waals surface area contributed by atoms with Crippen molar-refractivity contribution in [2.45, 2.75) is 63.4 Å². The van der Waals surface area contributed by atoms with Crippen molar-refractivity contribution in [3.05, 3.63) is 52.0 Å². The van der Waals surface area contributed by atoms with Crippen LogP contribution in [0.2, 0.25) is 0 Å². The number of aliphatic hydroxyl groups excluding tert-OH is 4. The number of carbonyl (C=O) groups excluding carboxylic acids is 1. The van der Waals surface area contributed by atoms with E-state index in [1.807, 2.05) is 22.7 Å². The van der Waals surface area contributed by atoms with Crippen molar-refractivity contribution >= 4 is 27.4 Å². The van der Waals surface area contributed by atoms with Gasteiger partial charge in [0.05, 0.1) is 24.4 Å². The molecular weight excluding hydrogens is 548 g/mol. The van der Waals surface area contributed by atoms with Crippen LogP contribution in [-0.2, 0) is 33.7 Å². The van der Waals surface area contributed by atoms with E-state index >= 15 is 0 Å². The molecule has 0 unspecified atom stereocenters. The number of carbonyl (C=O) groups is 1. The maximum absolute atomic E-state index is 12.9. The topological polar surface area (TPSA) is 159 Å². The number of aryl methyl sites for hydroxylation is 1. The largest absolute Gasteiger partial charge is 0.394 e. The van der Waals surface area contributed by atoms with E-state index in [4.69, 9.17) is 14.6 Å². The SMILES string of the molecule is CCc1ccc2c(-c3cncc(Br)c3)c(CCC(=O)N[C@@H]3O[C@H](CO)[C@H](O)[C@@H](O)[C@@H]3O)c(COC)nn12. The molecule has 1 aliphatic rings. The fourth-order valence-corrected chi connectivity index (χ4v) is 4.97. The van der Waals surface area contributed by atoms with E-state index < -0.39 is 43.2 Å². The van der Waals surface area contributed by atoms with E-state index in [0.29, 0.717) is 12.1 Å². The summed E-state index contributed by atoms with van der Waals surface area (Å²) in [5.41, 5.74) is 5.14. The summed E-state index contributed by atoms with van der Waals surface area (Å²) in [6, 6.07) is 5.97. The van der Waals surface area contributed by atoms with Gasteiger partial charge in [-0.1, -0.05) is 6.92 Å². The zero-order chi connectivity index (χ0) is 26.7. The molecule has 1 amide bonds. The molecule has 12 heteroatoms. The zero-order valence-corrected chi connectivity index (χ0v) is 22.1. The Morgan fingerprint density at radius 2 is 2.00 bits per heavy atom. The number of nitrogens with one attached hydrogen (secondary N) is 1. The summed E-state index contributed by atoms with van der Waals surface area (Å²) in [7, 11) is 1.58. The maximum Gasteiger partial charge on any atom is 0.222 e. The number of nitrogens with zero attached hydrogens (tertiary/aromatic N) is 3. The number of aromatic nitrogens is 3. The van der Waals surface area contributed by atoms with Crippen molar-refractivity contribution in [1.29, 1.82) is 0 Å². The lowest BCUT2D eigenvalue weighted by Crippen LogP contribution is -2.63. The van der Waals surface area contributed by atoms with Crippen molar-refractivity contribution in [2.24, 2.45) is 0 Å². The lowest BCUT2D eigenvalue weighted by atomic mass is 9.95. The Balaban J connectivity index is 1.66. The molecule has 3 aromatic rings. The first-order valence-electron chi connectivity index (χ1n) is 12.0. The third kappa shape index (κ3) is 5.70. The third-order valence-corrected chi connectivity index (χ3v) is 6.93. The molecular formula is C25H31BrN4O7. The zero-order valence-electron chi connectivity index (χ0n) is 20.5. The Hall–Kier alpha value is -2.45. The Morgan fingerprint density at radius 1 is 1.22 bits per heavy atom. The number of pyridine rings is 1. The van der Waals surface area contributed by atoms with Crippen LogP contribution in [0.5, 0.6) is 0 Å². The molecule has 0 aromatic carbocycles. The Labute approximate surface area is 222 Å². The normalized spacial score (nSPS) is 23.9. The molecule has 37 heavy (non-hydrogen) atoms. The molecule has 1 aliphatic heterocycles. The average molecular weight is 579 g/mol. The second kappa shape index (κ2) is 11.9. The van der Waals surface area contributed by atoms with Gasteiger partial charge in [0.25, 0.3) is 0 Å². The number of amides is 1. The predicted molar refractivity (Wildman–Crippen MR) is 136 cm³/mol. The van der Waals surface area contributed by atoms with Crippen LogP contribution in [-0.4, -0.2) is 85.3 Å². The van der Waals surface area contributed by atoms with Crippen LogP contribution in [0.4, 0.5) is 0 Å². The highest BCUT2D eigenvalue weighted by Gasteiger charge is 2.43. The molecule has 4 rings (SSSR count). The smallest absolute Gasteiger partial charge is 0.222 e. The number of hydrogen-bond donors (Lipinski definition) is 5. The molecule has 1 fully saturated rings. The molecule has 4 heterocycles. The molecule has 200 valence electrons. The Bertz CT molecular complexity index is 1250. The van der Waals surface area contributed by atoms with Gasteiger partial charge in [-0.25, -0.2) is 4.52 Å². The molecule has 0 bridgehead atoms. The Kier molecular flexibility index (Phi) is 8.90. The number of fused-ring (bicyclic) bond motifs is 1. The summed E-state index contributed by atoms with van der Waals surface area (Å²) in [6.07, 6.45) is -2.49. The highest BCUT2D eigenvalue weighted by Crippen LogP contribution is 2.33. The molecule has 5 N–H and O–H groups in total. The van der Waals surface area contributed by atoms with Gasteiger partial charge in [0, 0.05) is 47.2 Å². The van der Waals surface area contributed by atoms with E-state index in [9.17, 15) is 25.2 Å². The van der Waals surface area contributed by atoms with Gasteiger partial charge in [0.2, 0.25) is 5.91 Å². The van der Waals surface area contributed by atoms with Gasteiger partial charge in [0.1, 0.15) is 24.4 Å². The van der Waals surface area contributed by atoms with Gasteiger partial charge >= 0.3 is 0 Å².